The van der Waals surface area contributed by atoms with Crippen LogP contribution in [0.15, 0.2) is 12.3 Å². The van der Waals surface area contributed by atoms with Crippen LogP contribution < -0.4 is 10.6 Å². The topological polar surface area (TPSA) is 77.2 Å². The van der Waals surface area contributed by atoms with Gasteiger partial charge in [-0.3, -0.25) is 9.59 Å². The summed E-state index contributed by atoms with van der Waals surface area (Å²) in [4.78, 5) is 29.2. The number of aromatic nitrogens is 1. The van der Waals surface area contributed by atoms with Crippen molar-refractivity contribution in [1.82, 2.24) is 20.5 Å². The average molecular weight is 339 g/mol. The van der Waals surface area contributed by atoms with Crippen LogP contribution in [0.5, 0.6) is 0 Å². The molecule has 126 valence electrons. The van der Waals surface area contributed by atoms with E-state index < -0.39 is 0 Å². The lowest BCUT2D eigenvalue weighted by atomic mass is 9.97. The second kappa shape index (κ2) is 7.36. The summed E-state index contributed by atoms with van der Waals surface area (Å²) in [5, 5.41) is 6.77. The number of nitrogens with zero attached hydrogens (tertiary/aromatic N) is 1. The molecule has 0 bridgehead atoms. The molecule has 0 saturated carbocycles. The molecule has 2 aliphatic heterocycles. The predicted molar refractivity (Wildman–Crippen MR) is 88.5 cm³/mol. The summed E-state index contributed by atoms with van der Waals surface area (Å²) in [6.45, 7) is 2.98. The minimum absolute atomic E-state index is 0.0228. The van der Waals surface area contributed by atoms with Crippen LogP contribution >= 0.6 is 11.6 Å². The van der Waals surface area contributed by atoms with Gasteiger partial charge < -0.3 is 20.5 Å². The van der Waals surface area contributed by atoms with Gasteiger partial charge in [-0.05, 0) is 44.2 Å². The number of hydrogen-bond acceptors (Lipinski definition) is 3. The van der Waals surface area contributed by atoms with Crippen LogP contribution in [0, 0.1) is 5.92 Å². The maximum absolute atomic E-state index is 12.4. The molecule has 1 aromatic rings. The third kappa shape index (κ3) is 4.06. The van der Waals surface area contributed by atoms with Gasteiger partial charge >= 0.3 is 0 Å². The van der Waals surface area contributed by atoms with Crippen molar-refractivity contribution in [1.29, 1.82) is 0 Å². The van der Waals surface area contributed by atoms with Crippen molar-refractivity contribution in [3.05, 3.63) is 23.0 Å². The molecule has 0 aromatic carbocycles. The van der Waals surface area contributed by atoms with Gasteiger partial charge in [-0.1, -0.05) is 11.6 Å². The van der Waals surface area contributed by atoms with Crippen molar-refractivity contribution in [2.24, 2.45) is 5.92 Å². The van der Waals surface area contributed by atoms with E-state index in [0.717, 1.165) is 38.8 Å². The molecule has 3 N–H and O–H groups in total. The molecule has 6 nitrogen and oxygen atoms in total. The van der Waals surface area contributed by atoms with Crippen LogP contribution in [0.25, 0.3) is 0 Å². The van der Waals surface area contributed by atoms with Gasteiger partial charge in [0.2, 0.25) is 5.91 Å². The van der Waals surface area contributed by atoms with Crippen LogP contribution in [-0.2, 0) is 4.79 Å². The van der Waals surface area contributed by atoms with E-state index in [1.165, 1.54) is 0 Å². The smallest absolute Gasteiger partial charge is 0.270 e. The molecule has 3 heterocycles. The van der Waals surface area contributed by atoms with Gasteiger partial charge in [0.05, 0.1) is 11.1 Å². The van der Waals surface area contributed by atoms with Crippen LogP contribution in [0.4, 0.5) is 0 Å². The Labute approximate surface area is 140 Å². The highest BCUT2D eigenvalue weighted by Gasteiger charge is 2.27. The van der Waals surface area contributed by atoms with Gasteiger partial charge in [0.15, 0.2) is 0 Å². The molecule has 2 amide bonds. The second-order valence-electron chi connectivity index (χ2n) is 6.39. The van der Waals surface area contributed by atoms with E-state index in [0.29, 0.717) is 29.7 Å². The Morgan fingerprint density at radius 2 is 2.22 bits per heavy atom. The van der Waals surface area contributed by atoms with Crippen LogP contribution in [0.2, 0.25) is 5.02 Å². The first-order valence-electron chi connectivity index (χ1n) is 8.28. The SMILES string of the molecule is O=C(NCC1CCCN(C(=O)c2cc(Cl)c[nH]2)C1)C1CCCN1. The summed E-state index contributed by atoms with van der Waals surface area (Å²) in [5.74, 6) is 0.371. The van der Waals surface area contributed by atoms with Crippen molar-refractivity contribution >= 4 is 23.4 Å². The summed E-state index contributed by atoms with van der Waals surface area (Å²) in [5.41, 5.74) is 0.523. The number of carbonyl (C=O) groups excluding carboxylic acids is 2. The highest BCUT2D eigenvalue weighted by atomic mass is 35.5. The van der Waals surface area contributed by atoms with Crippen LogP contribution in [0.1, 0.15) is 36.2 Å². The van der Waals surface area contributed by atoms with Gasteiger partial charge in [-0.2, -0.15) is 0 Å². The number of halogens is 1. The number of nitrogens with one attached hydrogen (secondary N) is 3. The third-order valence-electron chi connectivity index (χ3n) is 4.63. The van der Waals surface area contributed by atoms with Crippen LogP contribution in [0.3, 0.4) is 0 Å². The lowest BCUT2D eigenvalue weighted by molar-refractivity contribution is -0.123. The van der Waals surface area contributed by atoms with E-state index in [-0.39, 0.29) is 17.9 Å². The molecule has 2 atom stereocenters. The Bertz CT molecular complexity index is 568. The van der Waals surface area contributed by atoms with E-state index in [2.05, 4.69) is 15.6 Å². The quantitative estimate of drug-likeness (QED) is 0.776. The standard InChI is InChI=1S/C16H23ClN4O2/c17-12-7-14(19-9-12)16(23)21-6-2-3-11(10-21)8-20-15(22)13-4-1-5-18-13/h7,9,11,13,18-19H,1-6,8,10H2,(H,20,22). The molecule has 2 saturated heterocycles. The summed E-state index contributed by atoms with van der Waals surface area (Å²) in [6, 6.07) is 1.61. The first kappa shape index (κ1) is 16.3. The molecule has 1 aromatic heterocycles. The first-order valence-corrected chi connectivity index (χ1v) is 8.65. The Balaban J connectivity index is 1.49. The molecule has 3 rings (SSSR count). The monoisotopic (exact) mass is 338 g/mol. The zero-order chi connectivity index (χ0) is 16.2. The average Bonchev–Trinajstić information content (AvgIpc) is 3.24. The van der Waals surface area contributed by atoms with Crippen molar-refractivity contribution in [2.45, 2.75) is 31.7 Å². The Morgan fingerprint density at radius 3 is 2.91 bits per heavy atom. The summed E-state index contributed by atoms with van der Waals surface area (Å²) < 4.78 is 0. The normalized spacial score (nSPS) is 24.7. The zero-order valence-corrected chi connectivity index (χ0v) is 13.9. The summed E-state index contributed by atoms with van der Waals surface area (Å²) in [7, 11) is 0. The molecule has 0 aliphatic carbocycles. The second-order valence-corrected chi connectivity index (χ2v) is 6.82. The number of likely N-dealkylation sites (tertiary alicyclic amines) is 1. The Kier molecular flexibility index (Phi) is 5.23. The van der Waals surface area contributed by atoms with Crippen LogP contribution in [-0.4, -0.2) is 53.9 Å². The number of amides is 2. The fourth-order valence-corrected chi connectivity index (χ4v) is 3.52. The van der Waals surface area contributed by atoms with E-state index in [9.17, 15) is 9.59 Å². The predicted octanol–water partition coefficient (Wildman–Crippen LogP) is 1.39. The van der Waals surface area contributed by atoms with Gasteiger partial charge in [0.1, 0.15) is 5.69 Å². The lowest BCUT2D eigenvalue weighted by Crippen LogP contribution is -2.46. The largest absolute Gasteiger partial charge is 0.356 e. The molecular formula is C16H23ClN4O2. The summed E-state index contributed by atoms with van der Waals surface area (Å²) in [6.07, 6.45) is 5.58. The van der Waals surface area contributed by atoms with Gasteiger partial charge in [0.25, 0.3) is 5.91 Å². The maximum atomic E-state index is 12.4. The van der Waals surface area contributed by atoms with Gasteiger partial charge in [-0.15, -0.1) is 0 Å². The number of aromatic amines is 1. The zero-order valence-electron chi connectivity index (χ0n) is 13.1. The van der Waals surface area contributed by atoms with E-state index in [1.54, 1.807) is 12.3 Å². The van der Waals surface area contributed by atoms with E-state index in [1.807, 2.05) is 4.90 Å². The molecule has 7 heteroatoms. The van der Waals surface area contributed by atoms with E-state index >= 15 is 0 Å². The Hall–Kier alpha value is -1.53. The first-order chi connectivity index (χ1) is 11.1. The molecular weight excluding hydrogens is 316 g/mol. The molecule has 0 radical (unpaired) electrons. The number of carbonyl (C=O) groups is 2. The number of hydrogen-bond donors (Lipinski definition) is 3. The molecule has 2 fully saturated rings. The number of rotatable bonds is 4. The van der Waals surface area contributed by atoms with Crippen molar-refractivity contribution in [3.8, 4) is 0 Å². The highest BCUT2D eigenvalue weighted by Crippen LogP contribution is 2.19. The number of H-pyrrole nitrogens is 1. The van der Waals surface area contributed by atoms with Crippen molar-refractivity contribution in [3.63, 3.8) is 0 Å². The van der Waals surface area contributed by atoms with Gasteiger partial charge in [-0.25, -0.2) is 0 Å². The minimum Gasteiger partial charge on any atom is -0.356 e. The molecule has 2 aliphatic rings. The fraction of sp³-hybridized carbons (Fsp3) is 0.625. The minimum atomic E-state index is -0.0441. The fourth-order valence-electron chi connectivity index (χ4n) is 3.35. The van der Waals surface area contributed by atoms with Gasteiger partial charge in [0, 0.05) is 25.8 Å². The molecule has 2 unspecified atom stereocenters. The summed E-state index contributed by atoms with van der Waals surface area (Å²) >= 11 is 5.86. The van der Waals surface area contributed by atoms with Crippen molar-refractivity contribution in [2.75, 3.05) is 26.2 Å². The third-order valence-corrected chi connectivity index (χ3v) is 4.84. The van der Waals surface area contributed by atoms with Crippen molar-refractivity contribution < 1.29 is 9.59 Å². The lowest BCUT2D eigenvalue weighted by Gasteiger charge is -2.32. The molecule has 0 spiro atoms. The highest BCUT2D eigenvalue weighted by molar-refractivity contribution is 6.30. The maximum Gasteiger partial charge on any atom is 0.270 e. The Morgan fingerprint density at radius 1 is 1.35 bits per heavy atom. The number of piperidine rings is 1. The van der Waals surface area contributed by atoms with E-state index in [4.69, 9.17) is 11.6 Å². The molecule has 23 heavy (non-hydrogen) atoms.